The molecule has 0 aliphatic carbocycles. The Balaban J connectivity index is 2.44. The molecular weight excluding hydrogens is 265 g/mol. The van der Waals surface area contributed by atoms with Crippen LogP contribution in [0.3, 0.4) is 0 Å². The van der Waals surface area contributed by atoms with Crippen LogP contribution in [-0.2, 0) is 15.5 Å². The van der Waals surface area contributed by atoms with Crippen LogP contribution in [-0.4, -0.2) is 12.6 Å². The van der Waals surface area contributed by atoms with Crippen LogP contribution in [0.5, 0.6) is 0 Å². The molecule has 0 bridgehead atoms. The smallest absolute Gasteiger partial charge is 0.382 e. The predicted molar refractivity (Wildman–Crippen MR) is 62.3 cm³/mol. The molecule has 1 heterocycles. The van der Waals surface area contributed by atoms with Crippen molar-refractivity contribution in [1.29, 1.82) is 0 Å². The molecule has 1 aromatic carbocycles. The average molecular weight is 274 g/mol. The van der Waals surface area contributed by atoms with Gasteiger partial charge in [-0.1, -0.05) is 0 Å². The molecule has 96 valence electrons. The van der Waals surface area contributed by atoms with Crippen LogP contribution in [0.25, 0.3) is 10.1 Å². The summed E-state index contributed by atoms with van der Waals surface area (Å²) in [5, 5.41) is 0.346. The number of ether oxygens (including phenoxy) is 1. The first-order valence-corrected chi connectivity index (χ1v) is 6.01. The van der Waals surface area contributed by atoms with Crippen molar-refractivity contribution >= 4 is 27.4 Å². The number of benzene rings is 1. The fraction of sp³-hybridized carbons (Fsp3) is 0.250. The maximum absolute atomic E-state index is 13.7. The summed E-state index contributed by atoms with van der Waals surface area (Å²) in [5.74, 6) is -5.79. The van der Waals surface area contributed by atoms with E-state index in [1.165, 1.54) is 19.1 Å². The Morgan fingerprint density at radius 2 is 2.11 bits per heavy atom. The highest BCUT2D eigenvalue weighted by Crippen LogP contribution is 2.38. The van der Waals surface area contributed by atoms with Crippen LogP contribution in [0.2, 0.25) is 0 Å². The van der Waals surface area contributed by atoms with Gasteiger partial charge in [0.15, 0.2) is 0 Å². The molecular formula is C12H9F3O2S. The van der Waals surface area contributed by atoms with Crippen molar-refractivity contribution in [3.63, 3.8) is 0 Å². The normalized spacial score (nSPS) is 11.8. The fourth-order valence-corrected chi connectivity index (χ4v) is 2.50. The number of hydrogen-bond donors (Lipinski definition) is 0. The van der Waals surface area contributed by atoms with Crippen molar-refractivity contribution in [1.82, 2.24) is 0 Å². The zero-order chi connectivity index (χ0) is 13.3. The van der Waals surface area contributed by atoms with Gasteiger partial charge in [0.2, 0.25) is 0 Å². The molecule has 0 amide bonds. The van der Waals surface area contributed by atoms with Gasteiger partial charge in [-0.15, -0.1) is 11.3 Å². The molecule has 6 heteroatoms. The van der Waals surface area contributed by atoms with Crippen LogP contribution >= 0.6 is 11.3 Å². The van der Waals surface area contributed by atoms with Gasteiger partial charge in [-0.2, -0.15) is 8.78 Å². The molecule has 0 aliphatic rings. The van der Waals surface area contributed by atoms with E-state index in [4.69, 9.17) is 0 Å². The molecule has 0 radical (unpaired) electrons. The van der Waals surface area contributed by atoms with Gasteiger partial charge in [0, 0.05) is 4.70 Å². The third-order valence-corrected chi connectivity index (χ3v) is 3.51. The Morgan fingerprint density at radius 1 is 1.39 bits per heavy atom. The molecule has 0 unspecified atom stereocenters. The summed E-state index contributed by atoms with van der Waals surface area (Å²) in [5.41, 5.74) is 0. The van der Waals surface area contributed by atoms with Crippen molar-refractivity contribution in [3.05, 3.63) is 35.0 Å². The Morgan fingerprint density at radius 3 is 2.78 bits per heavy atom. The lowest BCUT2D eigenvalue weighted by Crippen LogP contribution is -2.27. The van der Waals surface area contributed by atoms with Crippen molar-refractivity contribution in [2.75, 3.05) is 6.61 Å². The standard InChI is InChI=1S/C12H9F3O2S/c1-2-17-11(16)12(14,15)10-6-7-5-8(13)3-4-9(7)18-10/h3-6H,2H2,1H3. The molecule has 2 aromatic rings. The first kappa shape index (κ1) is 12.9. The summed E-state index contributed by atoms with van der Waals surface area (Å²) in [7, 11) is 0. The largest absolute Gasteiger partial charge is 0.461 e. The molecule has 0 saturated carbocycles. The Hall–Kier alpha value is -1.56. The number of esters is 1. The van der Waals surface area contributed by atoms with Crippen molar-refractivity contribution in [2.24, 2.45) is 0 Å². The molecule has 0 spiro atoms. The lowest BCUT2D eigenvalue weighted by molar-refractivity contribution is -0.172. The van der Waals surface area contributed by atoms with Crippen molar-refractivity contribution in [2.45, 2.75) is 12.8 Å². The predicted octanol–water partition coefficient (Wildman–Crippen LogP) is 3.70. The molecule has 0 aliphatic heterocycles. The van der Waals surface area contributed by atoms with E-state index in [-0.39, 0.29) is 6.61 Å². The minimum Gasteiger partial charge on any atom is -0.461 e. The van der Waals surface area contributed by atoms with Crippen LogP contribution in [0, 0.1) is 5.82 Å². The van der Waals surface area contributed by atoms with Crippen molar-refractivity contribution < 1.29 is 22.7 Å². The molecule has 18 heavy (non-hydrogen) atoms. The van der Waals surface area contributed by atoms with E-state index in [9.17, 15) is 18.0 Å². The van der Waals surface area contributed by atoms with Crippen LogP contribution in [0.1, 0.15) is 11.8 Å². The third kappa shape index (κ3) is 2.20. The highest BCUT2D eigenvalue weighted by Gasteiger charge is 2.44. The first-order valence-electron chi connectivity index (χ1n) is 5.19. The minimum atomic E-state index is -3.70. The molecule has 2 rings (SSSR count). The van der Waals surface area contributed by atoms with Gasteiger partial charge in [-0.3, -0.25) is 0 Å². The van der Waals surface area contributed by atoms with E-state index in [1.54, 1.807) is 0 Å². The van der Waals surface area contributed by atoms with Gasteiger partial charge in [-0.05, 0) is 36.6 Å². The Labute approximate surface area is 105 Å². The molecule has 0 saturated heterocycles. The zero-order valence-corrected chi connectivity index (χ0v) is 10.2. The van der Waals surface area contributed by atoms with Crippen LogP contribution < -0.4 is 0 Å². The number of thiophene rings is 1. The number of carbonyl (C=O) groups excluding carboxylic acids is 1. The summed E-state index contributed by atoms with van der Waals surface area (Å²) in [4.78, 5) is 10.7. The van der Waals surface area contributed by atoms with Gasteiger partial charge < -0.3 is 4.74 Å². The van der Waals surface area contributed by atoms with E-state index in [0.717, 1.165) is 23.5 Å². The molecule has 2 nitrogen and oxygen atoms in total. The quantitative estimate of drug-likeness (QED) is 0.798. The average Bonchev–Trinajstić information content (AvgIpc) is 2.72. The summed E-state index contributed by atoms with van der Waals surface area (Å²) >= 11 is 0.750. The number of alkyl halides is 2. The lowest BCUT2D eigenvalue weighted by Gasteiger charge is -2.12. The van der Waals surface area contributed by atoms with Crippen molar-refractivity contribution in [3.8, 4) is 0 Å². The SMILES string of the molecule is CCOC(=O)C(F)(F)c1cc2cc(F)ccc2s1. The number of carbonyl (C=O) groups is 1. The van der Waals surface area contributed by atoms with E-state index >= 15 is 0 Å². The number of fused-ring (bicyclic) bond motifs is 1. The molecule has 1 aromatic heterocycles. The van der Waals surface area contributed by atoms with E-state index in [0.29, 0.717) is 10.1 Å². The summed E-state index contributed by atoms with van der Waals surface area (Å²) < 4.78 is 45.2. The van der Waals surface area contributed by atoms with Gasteiger partial charge >= 0.3 is 11.9 Å². The van der Waals surface area contributed by atoms with Crippen LogP contribution in [0.4, 0.5) is 13.2 Å². The first-order chi connectivity index (χ1) is 8.45. The summed E-state index contributed by atoms with van der Waals surface area (Å²) in [6, 6.07) is 4.85. The number of halogens is 3. The molecule has 0 N–H and O–H groups in total. The van der Waals surface area contributed by atoms with E-state index in [1.807, 2.05) is 0 Å². The van der Waals surface area contributed by atoms with E-state index in [2.05, 4.69) is 4.74 Å². The minimum absolute atomic E-state index is 0.117. The maximum atomic E-state index is 13.7. The zero-order valence-electron chi connectivity index (χ0n) is 9.38. The summed E-state index contributed by atoms with van der Waals surface area (Å²) in [6.07, 6.45) is 0. The summed E-state index contributed by atoms with van der Waals surface area (Å²) in [6.45, 7) is 1.34. The second kappa shape index (κ2) is 4.61. The number of rotatable bonds is 3. The van der Waals surface area contributed by atoms with Gasteiger partial charge in [0.05, 0.1) is 11.5 Å². The fourth-order valence-electron chi connectivity index (χ4n) is 1.49. The Kier molecular flexibility index (Phi) is 3.30. The monoisotopic (exact) mass is 274 g/mol. The second-order valence-electron chi connectivity index (χ2n) is 3.59. The van der Waals surface area contributed by atoms with E-state index < -0.39 is 22.6 Å². The topological polar surface area (TPSA) is 26.3 Å². The molecule has 0 fully saturated rings. The van der Waals surface area contributed by atoms with Gasteiger partial charge in [0.1, 0.15) is 5.82 Å². The lowest BCUT2D eigenvalue weighted by atomic mass is 10.2. The van der Waals surface area contributed by atoms with Gasteiger partial charge in [-0.25, -0.2) is 9.18 Å². The second-order valence-corrected chi connectivity index (χ2v) is 4.67. The van der Waals surface area contributed by atoms with Gasteiger partial charge in [0.25, 0.3) is 0 Å². The highest BCUT2D eigenvalue weighted by atomic mass is 32.1. The highest BCUT2D eigenvalue weighted by molar-refractivity contribution is 7.19. The van der Waals surface area contributed by atoms with Crippen LogP contribution in [0.15, 0.2) is 24.3 Å². The number of hydrogen-bond acceptors (Lipinski definition) is 3. The Bertz CT molecular complexity index is 592. The molecule has 0 atom stereocenters. The third-order valence-electron chi connectivity index (χ3n) is 2.32. The maximum Gasteiger partial charge on any atom is 0.382 e.